The van der Waals surface area contributed by atoms with Crippen molar-refractivity contribution in [2.45, 2.75) is 31.6 Å². The van der Waals surface area contributed by atoms with Crippen LogP contribution in [0.4, 0.5) is 5.69 Å². The predicted octanol–water partition coefficient (Wildman–Crippen LogP) is 3.18. The molecule has 0 unspecified atom stereocenters. The number of rotatable bonds is 8. The molecule has 0 fully saturated rings. The Morgan fingerprint density at radius 3 is 2.28 bits per heavy atom. The van der Waals surface area contributed by atoms with Crippen LogP contribution in [0.5, 0.6) is 0 Å². The molecule has 1 N–H and O–H groups in total. The number of anilines is 1. The number of Topliss-reactive ketones (excluding diaryl/α,β-unsaturated/α-hetero) is 1. The number of hydrogen-bond acceptors (Lipinski definition) is 6. The van der Waals surface area contributed by atoms with Gasteiger partial charge in [-0.2, -0.15) is 0 Å². The highest BCUT2D eigenvalue weighted by Gasteiger charge is 2.17. The number of esters is 1. The highest BCUT2D eigenvalue weighted by Crippen LogP contribution is 2.17. The smallest absolute Gasteiger partial charge is 0.338 e. The number of ketones is 1. The molecule has 0 aliphatic rings. The maximum absolute atomic E-state index is 12.3. The van der Waals surface area contributed by atoms with Gasteiger partial charge in [-0.05, 0) is 55.3 Å². The standard InChI is InChI=1S/C21H23NO6S/c1-4-5-20(24)22-16-9-7-15(8-10-16)19(23)13-28-21(25)18-12-17(29(3,26)27)11-6-14(18)2/h6-12H,4-5,13H2,1-3H3,(H,22,24). The number of benzene rings is 2. The molecule has 1 amide bonds. The van der Waals surface area contributed by atoms with E-state index in [4.69, 9.17) is 4.74 Å². The number of ether oxygens (including phenoxy) is 1. The van der Waals surface area contributed by atoms with E-state index in [2.05, 4.69) is 5.32 Å². The second-order valence-corrected chi connectivity index (χ2v) is 8.64. The Labute approximate surface area is 170 Å². The van der Waals surface area contributed by atoms with Crippen LogP contribution in [0.15, 0.2) is 47.4 Å². The van der Waals surface area contributed by atoms with Gasteiger partial charge < -0.3 is 10.1 Å². The van der Waals surface area contributed by atoms with Crippen molar-refractivity contribution in [2.75, 3.05) is 18.2 Å². The molecule has 0 heterocycles. The van der Waals surface area contributed by atoms with Crippen LogP contribution in [0.3, 0.4) is 0 Å². The normalized spacial score (nSPS) is 11.0. The van der Waals surface area contributed by atoms with Crippen molar-refractivity contribution in [3.63, 3.8) is 0 Å². The van der Waals surface area contributed by atoms with Crippen LogP contribution in [-0.2, 0) is 19.4 Å². The summed E-state index contributed by atoms with van der Waals surface area (Å²) in [6, 6.07) is 10.4. The fourth-order valence-corrected chi connectivity index (χ4v) is 3.18. The molecule has 0 spiro atoms. The first-order valence-electron chi connectivity index (χ1n) is 9.02. The quantitative estimate of drug-likeness (QED) is 0.522. The first-order valence-corrected chi connectivity index (χ1v) is 10.9. The summed E-state index contributed by atoms with van der Waals surface area (Å²) >= 11 is 0. The van der Waals surface area contributed by atoms with E-state index in [1.807, 2.05) is 6.92 Å². The molecule has 0 saturated heterocycles. The lowest BCUT2D eigenvalue weighted by Crippen LogP contribution is -2.16. The van der Waals surface area contributed by atoms with E-state index in [9.17, 15) is 22.8 Å². The molecule has 8 heteroatoms. The largest absolute Gasteiger partial charge is 0.454 e. The SMILES string of the molecule is CCCC(=O)Nc1ccc(C(=O)COC(=O)c2cc(S(C)(=O)=O)ccc2C)cc1. The summed E-state index contributed by atoms with van der Waals surface area (Å²) < 4.78 is 28.4. The molecule has 0 aliphatic carbocycles. The molecule has 29 heavy (non-hydrogen) atoms. The summed E-state index contributed by atoms with van der Waals surface area (Å²) in [5, 5.41) is 2.72. The Morgan fingerprint density at radius 2 is 1.69 bits per heavy atom. The van der Waals surface area contributed by atoms with Gasteiger partial charge in [0.05, 0.1) is 10.5 Å². The minimum Gasteiger partial charge on any atom is -0.454 e. The summed E-state index contributed by atoms with van der Waals surface area (Å²) in [6.07, 6.45) is 2.20. The molecule has 0 aliphatic heterocycles. The monoisotopic (exact) mass is 417 g/mol. The van der Waals surface area contributed by atoms with Gasteiger partial charge in [-0.15, -0.1) is 0 Å². The number of nitrogens with one attached hydrogen (secondary N) is 1. The number of aryl methyl sites for hydroxylation is 1. The summed E-state index contributed by atoms with van der Waals surface area (Å²) in [7, 11) is -3.47. The third-order valence-electron chi connectivity index (χ3n) is 4.16. The number of carbonyl (C=O) groups is 3. The lowest BCUT2D eigenvalue weighted by atomic mass is 10.1. The second-order valence-electron chi connectivity index (χ2n) is 6.62. The van der Waals surface area contributed by atoms with Crippen molar-refractivity contribution in [1.29, 1.82) is 0 Å². The zero-order valence-electron chi connectivity index (χ0n) is 16.5. The molecule has 2 aromatic carbocycles. The van der Waals surface area contributed by atoms with Crippen molar-refractivity contribution < 1.29 is 27.5 Å². The summed E-state index contributed by atoms with van der Waals surface area (Å²) in [5.41, 5.74) is 1.54. The van der Waals surface area contributed by atoms with Crippen molar-refractivity contribution in [1.82, 2.24) is 0 Å². The van der Waals surface area contributed by atoms with Gasteiger partial charge in [0.25, 0.3) is 0 Å². The molecule has 0 aromatic heterocycles. The third-order valence-corrected chi connectivity index (χ3v) is 5.27. The minimum absolute atomic E-state index is 0.00193. The predicted molar refractivity (Wildman–Crippen MR) is 109 cm³/mol. The van der Waals surface area contributed by atoms with Gasteiger partial charge in [0.15, 0.2) is 22.2 Å². The van der Waals surface area contributed by atoms with Gasteiger partial charge in [-0.25, -0.2) is 13.2 Å². The van der Waals surface area contributed by atoms with Crippen molar-refractivity contribution >= 4 is 33.2 Å². The van der Waals surface area contributed by atoms with E-state index in [1.54, 1.807) is 19.1 Å². The number of amides is 1. The van der Waals surface area contributed by atoms with Crippen molar-refractivity contribution in [3.05, 3.63) is 59.2 Å². The summed E-state index contributed by atoms with van der Waals surface area (Å²) in [4.78, 5) is 36.2. The molecule has 0 saturated carbocycles. The summed E-state index contributed by atoms with van der Waals surface area (Å²) in [6.45, 7) is 3.07. The second kappa shape index (κ2) is 9.47. The first kappa shape index (κ1) is 22.3. The molecular weight excluding hydrogens is 394 g/mol. The zero-order chi connectivity index (χ0) is 21.6. The minimum atomic E-state index is -3.47. The van der Waals surface area contributed by atoms with E-state index < -0.39 is 28.2 Å². The van der Waals surface area contributed by atoms with E-state index in [0.717, 1.165) is 12.7 Å². The summed E-state index contributed by atoms with van der Waals surface area (Å²) in [5.74, 6) is -1.29. The average molecular weight is 417 g/mol. The van der Waals surface area contributed by atoms with Gasteiger partial charge in [-0.1, -0.05) is 13.0 Å². The molecule has 0 bridgehead atoms. The van der Waals surface area contributed by atoms with Crippen LogP contribution < -0.4 is 5.32 Å². The number of hydrogen-bond donors (Lipinski definition) is 1. The van der Waals surface area contributed by atoms with Gasteiger partial charge >= 0.3 is 5.97 Å². The Kier molecular flexibility index (Phi) is 7.28. The van der Waals surface area contributed by atoms with Crippen LogP contribution in [0.25, 0.3) is 0 Å². The fourth-order valence-electron chi connectivity index (χ4n) is 2.53. The van der Waals surface area contributed by atoms with Gasteiger partial charge in [0.2, 0.25) is 5.91 Å². The Bertz CT molecular complexity index is 1030. The average Bonchev–Trinajstić information content (AvgIpc) is 2.66. The zero-order valence-corrected chi connectivity index (χ0v) is 17.3. The van der Waals surface area contributed by atoms with Crippen LogP contribution in [0, 0.1) is 6.92 Å². The van der Waals surface area contributed by atoms with E-state index in [-0.39, 0.29) is 16.4 Å². The fraction of sp³-hybridized carbons (Fsp3) is 0.286. The topological polar surface area (TPSA) is 107 Å². The molecule has 2 aromatic rings. The Balaban J connectivity index is 2.02. The maximum Gasteiger partial charge on any atom is 0.338 e. The number of sulfone groups is 1. The Morgan fingerprint density at radius 1 is 1.03 bits per heavy atom. The molecule has 2 rings (SSSR count). The molecular formula is C21H23NO6S. The van der Waals surface area contributed by atoms with E-state index >= 15 is 0 Å². The van der Waals surface area contributed by atoms with Crippen LogP contribution >= 0.6 is 0 Å². The molecule has 0 radical (unpaired) electrons. The van der Waals surface area contributed by atoms with Gasteiger partial charge in [0, 0.05) is 23.9 Å². The van der Waals surface area contributed by atoms with E-state index in [0.29, 0.717) is 23.2 Å². The lowest BCUT2D eigenvalue weighted by Gasteiger charge is -2.09. The third kappa shape index (κ3) is 6.25. The molecule has 0 atom stereocenters. The highest BCUT2D eigenvalue weighted by molar-refractivity contribution is 7.90. The van der Waals surface area contributed by atoms with Crippen LogP contribution in [0.1, 0.15) is 46.0 Å². The molecule has 154 valence electrons. The van der Waals surface area contributed by atoms with Gasteiger partial charge in [0.1, 0.15) is 0 Å². The maximum atomic E-state index is 12.3. The van der Waals surface area contributed by atoms with Crippen LogP contribution in [-0.4, -0.2) is 38.9 Å². The van der Waals surface area contributed by atoms with Crippen LogP contribution in [0.2, 0.25) is 0 Å². The van der Waals surface area contributed by atoms with Crippen molar-refractivity contribution in [2.24, 2.45) is 0 Å². The van der Waals surface area contributed by atoms with Crippen molar-refractivity contribution in [3.8, 4) is 0 Å². The number of carbonyl (C=O) groups excluding carboxylic acids is 3. The Hall–Kier alpha value is -3.00. The van der Waals surface area contributed by atoms with Gasteiger partial charge in [-0.3, -0.25) is 9.59 Å². The lowest BCUT2D eigenvalue weighted by molar-refractivity contribution is -0.116. The molecule has 7 nitrogen and oxygen atoms in total. The first-order chi connectivity index (χ1) is 13.6. The highest BCUT2D eigenvalue weighted by atomic mass is 32.2. The van der Waals surface area contributed by atoms with E-state index in [1.165, 1.54) is 30.3 Å².